The van der Waals surface area contributed by atoms with Gasteiger partial charge in [0.2, 0.25) is 0 Å². The Bertz CT molecular complexity index is 765. The molecule has 1 saturated carbocycles. The quantitative estimate of drug-likeness (QED) is 0.204. The van der Waals surface area contributed by atoms with E-state index >= 15 is 0 Å². The third-order valence-electron chi connectivity index (χ3n) is 6.29. The Morgan fingerprint density at radius 1 is 0.871 bits per heavy atom. The molecular formula is C27H38N2O2. The Hall–Kier alpha value is -2.23. The zero-order chi connectivity index (χ0) is 21.7. The van der Waals surface area contributed by atoms with Gasteiger partial charge in [-0.05, 0) is 55.5 Å². The number of carbonyl (C=O) groups excluding carboxylic acids is 1. The first-order valence-electron chi connectivity index (χ1n) is 12.4. The summed E-state index contributed by atoms with van der Waals surface area (Å²) >= 11 is 0. The highest BCUT2D eigenvalue weighted by atomic mass is 16.5. The predicted octanol–water partition coefficient (Wildman–Crippen LogP) is 7.31. The number of esters is 1. The highest BCUT2D eigenvalue weighted by molar-refractivity contribution is 5.75. The number of nitrogens with zero attached hydrogens (tertiary/aromatic N) is 2. The van der Waals surface area contributed by atoms with Crippen molar-refractivity contribution in [2.24, 2.45) is 5.92 Å². The summed E-state index contributed by atoms with van der Waals surface area (Å²) in [5, 5.41) is 0. The standard InChI is InChI=1S/C27H38N2O2/c1-2-3-4-5-6-7-8-10-13-22-20-28-26(29-21-22)23-16-18-25(19-17-23)31-27(30)24-14-11-9-12-15-24/h16-21,24H,2-15H2,1H3. The Morgan fingerprint density at radius 3 is 2.13 bits per heavy atom. The molecular weight excluding hydrogens is 384 g/mol. The van der Waals surface area contributed by atoms with Crippen LogP contribution in [0.25, 0.3) is 11.4 Å². The van der Waals surface area contributed by atoms with Gasteiger partial charge in [-0.2, -0.15) is 0 Å². The van der Waals surface area contributed by atoms with Gasteiger partial charge in [0.1, 0.15) is 5.75 Å². The Kier molecular flexibility index (Phi) is 10.0. The van der Waals surface area contributed by atoms with E-state index < -0.39 is 0 Å². The second-order valence-corrected chi connectivity index (χ2v) is 8.92. The Labute approximate surface area is 187 Å². The zero-order valence-electron chi connectivity index (χ0n) is 19.2. The molecule has 4 heteroatoms. The average Bonchev–Trinajstić information content (AvgIpc) is 2.82. The van der Waals surface area contributed by atoms with E-state index in [4.69, 9.17) is 4.74 Å². The fourth-order valence-electron chi connectivity index (χ4n) is 4.31. The van der Waals surface area contributed by atoms with Gasteiger partial charge in [-0.15, -0.1) is 0 Å². The third kappa shape index (κ3) is 8.08. The highest BCUT2D eigenvalue weighted by Crippen LogP contribution is 2.26. The number of carbonyl (C=O) groups is 1. The van der Waals surface area contributed by atoms with E-state index in [2.05, 4.69) is 16.9 Å². The molecule has 2 aromatic rings. The summed E-state index contributed by atoms with van der Waals surface area (Å²) in [5.74, 6) is 1.29. The molecule has 1 aromatic heterocycles. The predicted molar refractivity (Wildman–Crippen MR) is 126 cm³/mol. The van der Waals surface area contributed by atoms with Crippen LogP contribution >= 0.6 is 0 Å². The topological polar surface area (TPSA) is 52.1 Å². The van der Waals surface area contributed by atoms with Crippen molar-refractivity contribution in [3.05, 3.63) is 42.2 Å². The summed E-state index contributed by atoms with van der Waals surface area (Å²) in [7, 11) is 0. The van der Waals surface area contributed by atoms with Crippen molar-refractivity contribution in [2.75, 3.05) is 0 Å². The van der Waals surface area contributed by atoms with Crippen molar-refractivity contribution < 1.29 is 9.53 Å². The molecule has 0 N–H and O–H groups in total. The van der Waals surface area contributed by atoms with E-state index in [0.717, 1.165) is 37.7 Å². The molecule has 0 unspecified atom stereocenters. The number of aryl methyl sites for hydroxylation is 1. The summed E-state index contributed by atoms with van der Waals surface area (Å²) < 4.78 is 5.58. The van der Waals surface area contributed by atoms with E-state index in [-0.39, 0.29) is 11.9 Å². The van der Waals surface area contributed by atoms with Gasteiger partial charge in [-0.25, -0.2) is 9.97 Å². The first-order chi connectivity index (χ1) is 15.3. The SMILES string of the molecule is CCCCCCCCCCc1cnc(-c2ccc(OC(=O)C3CCCCC3)cc2)nc1. The van der Waals surface area contributed by atoms with Gasteiger partial charge in [0.05, 0.1) is 5.92 Å². The molecule has 1 fully saturated rings. The fraction of sp³-hybridized carbons (Fsp3) is 0.593. The first-order valence-corrected chi connectivity index (χ1v) is 12.4. The van der Waals surface area contributed by atoms with Gasteiger partial charge in [0, 0.05) is 18.0 Å². The molecule has 0 radical (unpaired) electrons. The smallest absolute Gasteiger partial charge is 0.314 e. The van der Waals surface area contributed by atoms with Crippen LogP contribution in [0.3, 0.4) is 0 Å². The average molecular weight is 423 g/mol. The number of unbranched alkanes of at least 4 members (excludes halogenated alkanes) is 7. The number of rotatable bonds is 12. The lowest BCUT2D eigenvalue weighted by Crippen LogP contribution is -2.22. The summed E-state index contributed by atoms with van der Waals surface area (Å²) in [6.07, 6.45) is 21.0. The number of hydrogen-bond donors (Lipinski definition) is 0. The van der Waals surface area contributed by atoms with Crippen LogP contribution in [0.5, 0.6) is 5.75 Å². The van der Waals surface area contributed by atoms with Crippen molar-refractivity contribution in [3.63, 3.8) is 0 Å². The van der Waals surface area contributed by atoms with E-state index in [9.17, 15) is 4.79 Å². The summed E-state index contributed by atoms with van der Waals surface area (Å²) in [5.41, 5.74) is 2.14. The van der Waals surface area contributed by atoms with E-state index in [1.54, 1.807) is 0 Å². The molecule has 31 heavy (non-hydrogen) atoms. The van der Waals surface area contributed by atoms with Crippen LogP contribution in [0.1, 0.15) is 96.0 Å². The molecule has 168 valence electrons. The molecule has 4 nitrogen and oxygen atoms in total. The van der Waals surface area contributed by atoms with Crippen LogP contribution in [0.4, 0.5) is 0 Å². The molecule has 1 heterocycles. The number of benzene rings is 1. The Balaban J connectivity index is 1.40. The van der Waals surface area contributed by atoms with Crippen LogP contribution < -0.4 is 4.74 Å². The molecule has 3 rings (SSSR count). The maximum atomic E-state index is 12.3. The molecule has 1 aliphatic rings. The van der Waals surface area contributed by atoms with Crippen molar-refractivity contribution in [1.29, 1.82) is 0 Å². The Morgan fingerprint density at radius 2 is 1.48 bits per heavy atom. The molecule has 0 spiro atoms. The number of aromatic nitrogens is 2. The maximum Gasteiger partial charge on any atom is 0.314 e. The second-order valence-electron chi connectivity index (χ2n) is 8.92. The van der Waals surface area contributed by atoms with E-state index in [1.807, 2.05) is 36.7 Å². The van der Waals surface area contributed by atoms with Crippen LogP contribution in [0.2, 0.25) is 0 Å². The lowest BCUT2D eigenvalue weighted by Gasteiger charge is -2.19. The molecule has 1 aliphatic carbocycles. The summed E-state index contributed by atoms with van der Waals surface area (Å²) in [6, 6.07) is 7.54. The largest absolute Gasteiger partial charge is 0.426 e. The molecule has 0 amide bonds. The van der Waals surface area contributed by atoms with Crippen LogP contribution in [0, 0.1) is 5.92 Å². The lowest BCUT2D eigenvalue weighted by atomic mass is 9.89. The molecule has 0 bridgehead atoms. The number of hydrogen-bond acceptors (Lipinski definition) is 4. The highest BCUT2D eigenvalue weighted by Gasteiger charge is 2.22. The van der Waals surface area contributed by atoms with Gasteiger partial charge in [-0.1, -0.05) is 71.1 Å². The minimum Gasteiger partial charge on any atom is -0.426 e. The van der Waals surface area contributed by atoms with E-state index in [1.165, 1.54) is 63.4 Å². The fourth-order valence-corrected chi connectivity index (χ4v) is 4.31. The molecule has 0 aliphatic heterocycles. The van der Waals surface area contributed by atoms with Crippen molar-refractivity contribution in [3.8, 4) is 17.1 Å². The van der Waals surface area contributed by atoms with Crippen LogP contribution in [-0.2, 0) is 11.2 Å². The van der Waals surface area contributed by atoms with Crippen molar-refractivity contribution in [2.45, 2.75) is 96.8 Å². The summed E-state index contributed by atoms with van der Waals surface area (Å²) in [6.45, 7) is 2.26. The zero-order valence-corrected chi connectivity index (χ0v) is 19.2. The minimum atomic E-state index is -0.0889. The van der Waals surface area contributed by atoms with Crippen molar-refractivity contribution >= 4 is 5.97 Å². The van der Waals surface area contributed by atoms with Crippen LogP contribution in [-0.4, -0.2) is 15.9 Å². The van der Waals surface area contributed by atoms with Gasteiger partial charge < -0.3 is 4.74 Å². The van der Waals surface area contributed by atoms with Gasteiger partial charge in [-0.3, -0.25) is 4.79 Å². The molecule has 1 aromatic carbocycles. The number of ether oxygens (including phenoxy) is 1. The second kappa shape index (κ2) is 13.2. The molecule has 0 atom stereocenters. The minimum absolute atomic E-state index is 0.0605. The summed E-state index contributed by atoms with van der Waals surface area (Å²) in [4.78, 5) is 21.4. The van der Waals surface area contributed by atoms with E-state index in [0.29, 0.717) is 11.6 Å². The van der Waals surface area contributed by atoms with Gasteiger partial charge in [0.15, 0.2) is 5.82 Å². The first kappa shape index (κ1) is 23.4. The van der Waals surface area contributed by atoms with Crippen LogP contribution in [0.15, 0.2) is 36.7 Å². The molecule has 0 saturated heterocycles. The monoisotopic (exact) mass is 422 g/mol. The third-order valence-corrected chi connectivity index (χ3v) is 6.29. The van der Waals surface area contributed by atoms with Crippen molar-refractivity contribution in [1.82, 2.24) is 9.97 Å². The van der Waals surface area contributed by atoms with Gasteiger partial charge in [0.25, 0.3) is 0 Å². The van der Waals surface area contributed by atoms with Gasteiger partial charge >= 0.3 is 5.97 Å². The maximum absolute atomic E-state index is 12.3. The normalized spacial score (nSPS) is 14.5. The lowest BCUT2D eigenvalue weighted by molar-refractivity contribution is -0.139.